The molecule has 0 aliphatic carbocycles. The molecule has 0 bridgehead atoms. The molecule has 1 saturated heterocycles. The molecule has 2 rings (SSSR count). The second kappa shape index (κ2) is 6.40. The summed E-state index contributed by atoms with van der Waals surface area (Å²) in [6.45, 7) is 7.75. The van der Waals surface area contributed by atoms with Crippen LogP contribution in [-0.4, -0.2) is 43.7 Å². The van der Waals surface area contributed by atoms with E-state index < -0.39 is 0 Å². The first-order valence-electron chi connectivity index (χ1n) is 7.40. The third-order valence-corrected chi connectivity index (χ3v) is 4.11. The Balaban J connectivity index is 2.02. The van der Waals surface area contributed by atoms with Crippen LogP contribution in [0, 0.1) is 0 Å². The standard InChI is InChI=1S/C16H27N3/c1-4-15-12-19(10-9-18(15)3)16-7-5-14(6-8-16)11-13(2)17/h5-8,13,15H,4,9-12,17H2,1-3H3. The lowest BCUT2D eigenvalue weighted by Gasteiger charge is -2.40. The second-order valence-corrected chi connectivity index (χ2v) is 5.84. The number of anilines is 1. The highest BCUT2D eigenvalue weighted by Crippen LogP contribution is 2.20. The largest absolute Gasteiger partial charge is 0.369 e. The normalized spacial score (nSPS) is 22.5. The first kappa shape index (κ1) is 14.4. The van der Waals surface area contributed by atoms with Crippen molar-refractivity contribution >= 4 is 5.69 Å². The summed E-state index contributed by atoms with van der Waals surface area (Å²) in [6.07, 6.45) is 2.18. The zero-order chi connectivity index (χ0) is 13.8. The van der Waals surface area contributed by atoms with E-state index in [0.29, 0.717) is 6.04 Å². The highest BCUT2D eigenvalue weighted by atomic mass is 15.3. The van der Waals surface area contributed by atoms with Crippen molar-refractivity contribution in [3.8, 4) is 0 Å². The van der Waals surface area contributed by atoms with Crippen LogP contribution in [0.15, 0.2) is 24.3 Å². The van der Waals surface area contributed by atoms with Gasteiger partial charge in [0.25, 0.3) is 0 Å². The molecule has 2 atom stereocenters. The van der Waals surface area contributed by atoms with Crippen LogP contribution in [0.4, 0.5) is 5.69 Å². The molecule has 1 aromatic carbocycles. The van der Waals surface area contributed by atoms with E-state index in [4.69, 9.17) is 5.73 Å². The summed E-state index contributed by atoms with van der Waals surface area (Å²) >= 11 is 0. The van der Waals surface area contributed by atoms with Crippen molar-refractivity contribution in [2.24, 2.45) is 5.73 Å². The van der Waals surface area contributed by atoms with E-state index in [1.807, 2.05) is 0 Å². The van der Waals surface area contributed by atoms with Crippen molar-refractivity contribution in [1.29, 1.82) is 0 Å². The van der Waals surface area contributed by atoms with Gasteiger partial charge in [0.2, 0.25) is 0 Å². The molecule has 19 heavy (non-hydrogen) atoms. The number of rotatable bonds is 4. The molecule has 3 heteroatoms. The Hall–Kier alpha value is -1.06. The van der Waals surface area contributed by atoms with Crippen LogP contribution in [0.5, 0.6) is 0 Å². The molecule has 1 fully saturated rings. The molecule has 2 unspecified atom stereocenters. The van der Waals surface area contributed by atoms with Gasteiger partial charge in [-0.05, 0) is 44.5 Å². The van der Waals surface area contributed by atoms with Gasteiger partial charge in [0.1, 0.15) is 0 Å². The Labute approximate surface area is 117 Å². The quantitative estimate of drug-likeness (QED) is 0.901. The van der Waals surface area contributed by atoms with Crippen molar-refractivity contribution in [2.45, 2.75) is 38.8 Å². The predicted octanol–water partition coefficient (Wildman–Crippen LogP) is 2.11. The van der Waals surface area contributed by atoms with Crippen LogP contribution in [-0.2, 0) is 6.42 Å². The van der Waals surface area contributed by atoms with Gasteiger partial charge in [0, 0.05) is 37.4 Å². The van der Waals surface area contributed by atoms with Gasteiger partial charge in [-0.2, -0.15) is 0 Å². The average Bonchev–Trinajstić information content (AvgIpc) is 2.40. The van der Waals surface area contributed by atoms with E-state index in [9.17, 15) is 0 Å². The highest BCUT2D eigenvalue weighted by Gasteiger charge is 2.22. The predicted molar refractivity (Wildman–Crippen MR) is 82.7 cm³/mol. The molecule has 3 nitrogen and oxygen atoms in total. The Morgan fingerprint density at radius 3 is 2.53 bits per heavy atom. The Morgan fingerprint density at radius 2 is 1.95 bits per heavy atom. The third-order valence-electron chi connectivity index (χ3n) is 4.11. The van der Waals surface area contributed by atoms with Gasteiger partial charge in [-0.1, -0.05) is 19.1 Å². The van der Waals surface area contributed by atoms with Crippen LogP contribution >= 0.6 is 0 Å². The minimum atomic E-state index is 0.235. The number of hydrogen-bond donors (Lipinski definition) is 1. The van der Waals surface area contributed by atoms with E-state index >= 15 is 0 Å². The lowest BCUT2D eigenvalue weighted by Crippen LogP contribution is -2.51. The van der Waals surface area contributed by atoms with Gasteiger partial charge in [-0.15, -0.1) is 0 Å². The fraction of sp³-hybridized carbons (Fsp3) is 0.625. The number of nitrogens with zero attached hydrogens (tertiary/aromatic N) is 2. The molecule has 0 aromatic heterocycles. The number of benzene rings is 1. The van der Waals surface area contributed by atoms with E-state index in [1.54, 1.807) is 0 Å². The van der Waals surface area contributed by atoms with Crippen LogP contribution in [0.25, 0.3) is 0 Å². The topological polar surface area (TPSA) is 32.5 Å². The lowest BCUT2D eigenvalue weighted by molar-refractivity contribution is 0.213. The SMILES string of the molecule is CCC1CN(c2ccc(CC(C)N)cc2)CCN1C. The average molecular weight is 261 g/mol. The molecule has 0 amide bonds. The Morgan fingerprint density at radius 1 is 1.26 bits per heavy atom. The van der Waals surface area contributed by atoms with Crippen LogP contribution in [0.3, 0.4) is 0 Å². The Bertz CT molecular complexity index is 385. The molecule has 0 saturated carbocycles. The van der Waals surface area contributed by atoms with E-state index in [0.717, 1.165) is 26.1 Å². The van der Waals surface area contributed by atoms with Crippen molar-refractivity contribution in [3.63, 3.8) is 0 Å². The summed E-state index contributed by atoms with van der Waals surface area (Å²) in [5.41, 5.74) is 8.52. The van der Waals surface area contributed by atoms with Crippen molar-refractivity contribution < 1.29 is 0 Å². The zero-order valence-electron chi connectivity index (χ0n) is 12.5. The van der Waals surface area contributed by atoms with Gasteiger partial charge < -0.3 is 10.6 Å². The summed E-state index contributed by atoms with van der Waals surface area (Å²) in [4.78, 5) is 4.98. The van der Waals surface area contributed by atoms with Crippen molar-refractivity contribution in [3.05, 3.63) is 29.8 Å². The fourth-order valence-electron chi connectivity index (χ4n) is 2.84. The number of likely N-dealkylation sites (N-methyl/N-ethyl adjacent to an activating group) is 1. The second-order valence-electron chi connectivity index (χ2n) is 5.84. The van der Waals surface area contributed by atoms with Gasteiger partial charge >= 0.3 is 0 Å². The molecular weight excluding hydrogens is 234 g/mol. The number of piperazine rings is 1. The zero-order valence-corrected chi connectivity index (χ0v) is 12.5. The van der Waals surface area contributed by atoms with Gasteiger partial charge in [-0.25, -0.2) is 0 Å². The maximum Gasteiger partial charge on any atom is 0.0367 e. The van der Waals surface area contributed by atoms with Crippen LogP contribution in [0.1, 0.15) is 25.8 Å². The van der Waals surface area contributed by atoms with Gasteiger partial charge in [-0.3, -0.25) is 4.90 Å². The molecule has 1 aliphatic rings. The van der Waals surface area contributed by atoms with Crippen molar-refractivity contribution in [2.75, 3.05) is 31.6 Å². The summed E-state index contributed by atoms with van der Waals surface area (Å²) in [7, 11) is 2.23. The molecule has 1 aliphatic heterocycles. The van der Waals surface area contributed by atoms with E-state index in [2.05, 4.69) is 55.0 Å². The van der Waals surface area contributed by atoms with Gasteiger partial charge in [0.05, 0.1) is 0 Å². The number of hydrogen-bond acceptors (Lipinski definition) is 3. The smallest absolute Gasteiger partial charge is 0.0367 e. The minimum absolute atomic E-state index is 0.235. The first-order chi connectivity index (χ1) is 9.10. The Kier molecular flexibility index (Phi) is 4.83. The molecule has 1 aromatic rings. The summed E-state index contributed by atoms with van der Waals surface area (Å²) in [5, 5.41) is 0. The van der Waals surface area contributed by atoms with Crippen molar-refractivity contribution in [1.82, 2.24) is 4.90 Å². The maximum absolute atomic E-state index is 5.84. The first-order valence-corrected chi connectivity index (χ1v) is 7.40. The van der Waals surface area contributed by atoms with E-state index in [-0.39, 0.29) is 6.04 Å². The molecule has 1 heterocycles. The van der Waals surface area contributed by atoms with Crippen LogP contribution < -0.4 is 10.6 Å². The minimum Gasteiger partial charge on any atom is -0.369 e. The monoisotopic (exact) mass is 261 g/mol. The third kappa shape index (κ3) is 3.71. The fourth-order valence-corrected chi connectivity index (χ4v) is 2.84. The highest BCUT2D eigenvalue weighted by molar-refractivity contribution is 5.48. The molecule has 106 valence electrons. The summed E-state index contributed by atoms with van der Waals surface area (Å²) in [5.74, 6) is 0. The number of nitrogens with two attached hydrogens (primary N) is 1. The van der Waals surface area contributed by atoms with Crippen LogP contribution in [0.2, 0.25) is 0 Å². The lowest BCUT2D eigenvalue weighted by atomic mass is 10.1. The van der Waals surface area contributed by atoms with Gasteiger partial charge in [0.15, 0.2) is 0 Å². The molecular formula is C16H27N3. The van der Waals surface area contributed by atoms with E-state index in [1.165, 1.54) is 17.7 Å². The molecule has 0 radical (unpaired) electrons. The molecule has 0 spiro atoms. The maximum atomic E-state index is 5.84. The molecule has 2 N–H and O–H groups in total. The summed E-state index contributed by atoms with van der Waals surface area (Å²) < 4.78 is 0. The summed E-state index contributed by atoms with van der Waals surface area (Å²) in [6, 6.07) is 9.85.